The summed E-state index contributed by atoms with van der Waals surface area (Å²) in [6, 6.07) is 2.46. The highest BCUT2D eigenvalue weighted by molar-refractivity contribution is 6.31. The van der Waals surface area contributed by atoms with E-state index in [4.69, 9.17) is 21.4 Å². The van der Waals surface area contributed by atoms with Gasteiger partial charge >= 0.3 is 6.18 Å². The molecule has 0 bridgehead atoms. The molecule has 1 fully saturated rings. The van der Waals surface area contributed by atoms with Crippen molar-refractivity contribution in [1.82, 2.24) is 4.90 Å². The van der Waals surface area contributed by atoms with E-state index in [2.05, 4.69) is 0 Å². The quantitative estimate of drug-likeness (QED) is 0.902. The Balaban J connectivity index is 2.30. The van der Waals surface area contributed by atoms with Gasteiger partial charge < -0.3 is 14.7 Å². The number of hydrogen-bond acceptors (Lipinski definition) is 3. The summed E-state index contributed by atoms with van der Waals surface area (Å²) in [7, 11) is 0. The van der Waals surface area contributed by atoms with Gasteiger partial charge in [0.2, 0.25) is 0 Å². The molecule has 1 heterocycles. The monoisotopic (exact) mass is 337 g/mol. The van der Waals surface area contributed by atoms with E-state index in [-0.39, 0.29) is 36.4 Å². The van der Waals surface area contributed by atoms with Gasteiger partial charge in [0.25, 0.3) is 5.91 Å². The van der Waals surface area contributed by atoms with Crippen LogP contribution in [-0.2, 0) is 10.9 Å². The van der Waals surface area contributed by atoms with E-state index >= 15 is 0 Å². The van der Waals surface area contributed by atoms with Crippen molar-refractivity contribution in [3.63, 3.8) is 0 Å². The number of nitrogens with zero attached hydrogens (tertiary/aromatic N) is 1. The highest BCUT2D eigenvalue weighted by Gasteiger charge is 2.34. The van der Waals surface area contributed by atoms with Crippen LogP contribution in [0.15, 0.2) is 18.2 Å². The number of ether oxygens (including phenoxy) is 1. The molecule has 0 unspecified atom stereocenters. The smallest absolute Gasteiger partial charge is 0.394 e. The summed E-state index contributed by atoms with van der Waals surface area (Å²) in [5, 5.41) is 8.95. The zero-order valence-corrected chi connectivity index (χ0v) is 12.5. The molecule has 122 valence electrons. The fourth-order valence-electron chi connectivity index (χ4n) is 2.25. The van der Waals surface area contributed by atoms with Crippen molar-refractivity contribution >= 4 is 17.5 Å². The zero-order chi connectivity index (χ0) is 16.5. The van der Waals surface area contributed by atoms with Gasteiger partial charge in [0.1, 0.15) is 0 Å². The van der Waals surface area contributed by atoms with E-state index in [1.165, 1.54) is 11.0 Å². The van der Waals surface area contributed by atoms with Crippen molar-refractivity contribution in [1.29, 1.82) is 0 Å². The molecule has 1 amide bonds. The molecule has 4 nitrogen and oxygen atoms in total. The lowest BCUT2D eigenvalue weighted by molar-refractivity contribution is -0.137. The Hall–Kier alpha value is -1.31. The van der Waals surface area contributed by atoms with E-state index in [0.717, 1.165) is 12.1 Å². The van der Waals surface area contributed by atoms with Crippen LogP contribution < -0.4 is 0 Å². The van der Waals surface area contributed by atoms with Gasteiger partial charge in [-0.1, -0.05) is 11.6 Å². The number of alkyl halides is 3. The van der Waals surface area contributed by atoms with Crippen LogP contribution in [-0.4, -0.2) is 47.8 Å². The van der Waals surface area contributed by atoms with Crippen LogP contribution >= 0.6 is 11.6 Å². The second-order valence-electron chi connectivity index (χ2n) is 5.17. The Morgan fingerprint density at radius 3 is 2.73 bits per heavy atom. The van der Waals surface area contributed by atoms with Gasteiger partial charge in [-0.15, -0.1) is 0 Å². The van der Waals surface area contributed by atoms with E-state index < -0.39 is 23.8 Å². The summed E-state index contributed by atoms with van der Waals surface area (Å²) < 4.78 is 43.7. The van der Waals surface area contributed by atoms with Crippen LogP contribution in [0.5, 0.6) is 0 Å². The number of aliphatic hydroxyl groups is 1. The predicted octanol–water partition coefficient (Wildman–Crippen LogP) is 2.58. The van der Waals surface area contributed by atoms with Gasteiger partial charge in [-0.05, 0) is 25.1 Å². The Labute approximate surface area is 130 Å². The number of halogens is 4. The highest BCUT2D eigenvalue weighted by Crippen LogP contribution is 2.32. The Bertz CT molecular complexity index is 565. The first-order valence-electron chi connectivity index (χ1n) is 6.63. The first kappa shape index (κ1) is 17.1. The number of aliphatic hydroxyl groups excluding tert-OH is 1. The van der Waals surface area contributed by atoms with E-state index in [9.17, 15) is 18.0 Å². The van der Waals surface area contributed by atoms with Gasteiger partial charge in [-0.25, -0.2) is 0 Å². The third-order valence-electron chi connectivity index (χ3n) is 3.44. The summed E-state index contributed by atoms with van der Waals surface area (Å²) in [5.41, 5.74) is -1.10. The summed E-state index contributed by atoms with van der Waals surface area (Å²) >= 11 is 5.70. The van der Waals surface area contributed by atoms with Gasteiger partial charge in [-0.2, -0.15) is 13.2 Å². The minimum Gasteiger partial charge on any atom is -0.394 e. The fourth-order valence-corrected chi connectivity index (χ4v) is 2.49. The molecule has 0 spiro atoms. The molecule has 2 rings (SSSR count). The number of morpholine rings is 1. The molecule has 8 heteroatoms. The van der Waals surface area contributed by atoms with Gasteiger partial charge in [0, 0.05) is 17.1 Å². The van der Waals surface area contributed by atoms with Crippen molar-refractivity contribution < 1.29 is 27.8 Å². The molecule has 1 saturated heterocycles. The molecule has 0 saturated carbocycles. The third kappa shape index (κ3) is 3.71. The lowest BCUT2D eigenvalue weighted by Gasteiger charge is -2.37. The molecule has 0 aliphatic carbocycles. The number of carbonyl (C=O) groups excluding carboxylic acids is 1. The van der Waals surface area contributed by atoms with Gasteiger partial charge in [0.05, 0.1) is 30.9 Å². The standard InChI is InChI=1S/C14H15ClF3NO3/c1-8-7-22-12(6-20)5-19(8)13(21)9-2-10(14(16,17)18)4-11(15)3-9/h2-4,8,12,20H,5-7H2,1H3/t8-,12+/m1/s1. The average molecular weight is 338 g/mol. The molecule has 0 aromatic heterocycles. The lowest BCUT2D eigenvalue weighted by atomic mass is 10.1. The van der Waals surface area contributed by atoms with E-state index in [1.54, 1.807) is 6.92 Å². The molecule has 2 atom stereocenters. The van der Waals surface area contributed by atoms with Gasteiger partial charge in [-0.3, -0.25) is 4.79 Å². The largest absolute Gasteiger partial charge is 0.416 e. The lowest BCUT2D eigenvalue weighted by Crippen LogP contribution is -2.52. The Morgan fingerprint density at radius 1 is 1.45 bits per heavy atom. The van der Waals surface area contributed by atoms with Crippen molar-refractivity contribution in [2.45, 2.75) is 25.2 Å². The summed E-state index contributed by atoms with van der Waals surface area (Å²) in [5.74, 6) is -0.567. The molecule has 1 aliphatic heterocycles. The highest BCUT2D eigenvalue weighted by atomic mass is 35.5. The maximum Gasteiger partial charge on any atom is 0.416 e. The van der Waals surface area contributed by atoms with Crippen molar-refractivity contribution in [2.24, 2.45) is 0 Å². The molecule has 1 aromatic carbocycles. The van der Waals surface area contributed by atoms with Crippen LogP contribution in [0.4, 0.5) is 13.2 Å². The van der Waals surface area contributed by atoms with Crippen LogP contribution in [0.25, 0.3) is 0 Å². The number of benzene rings is 1. The van der Waals surface area contributed by atoms with Gasteiger partial charge in [0.15, 0.2) is 0 Å². The third-order valence-corrected chi connectivity index (χ3v) is 3.66. The van der Waals surface area contributed by atoms with Crippen molar-refractivity contribution in [3.05, 3.63) is 34.3 Å². The molecular formula is C14H15ClF3NO3. The first-order chi connectivity index (χ1) is 10.2. The van der Waals surface area contributed by atoms with Crippen molar-refractivity contribution in [2.75, 3.05) is 19.8 Å². The SMILES string of the molecule is C[C@@H]1CO[C@H](CO)CN1C(=O)c1cc(Cl)cc(C(F)(F)F)c1. The second-order valence-corrected chi connectivity index (χ2v) is 5.61. The summed E-state index contributed by atoms with van der Waals surface area (Å²) in [4.78, 5) is 13.9. The maximum atomic E-state index is 12.8. The second kappa shape index (κ2) is 6.44. The average Bonchev–Trinajstić information content (AvgIpc) is 2.45. The molecule has 1 aliphatic rings. The summed E-state index contributed by atoms with van der Waals surface area (Å²) in [6.45, 7) is 1.79. The van der Waals surface area contributed by atoms with Crippen LogP contribution in [0.2, 0.25) is 5.02 Å². The van der Waals surface area contributed by atoms with Crippen LogP contribution in [0.3, 0.4) is 0 Å². The molecule has 22 heavy (non-hydrogen) atoms. The molecule has 0 radical (unpaired) electrons. The number of hydrogen-bond donors (Lipinski definition) is 1. The first-order valence-corrected chi connectivity index (χ1v) is 7.01. The van der Waals surface area contributed by atoms with Crippen LogP contribution in [0.1, 0.15) is 22.8 Å². The minimum absolute atomic E-state index is 0.115. The number of amides is 1. The van der Waals surface area contributed by atoms with E-state index in [1.807, 2.05) is 0 Å². The zero-order valence-electron chi connectivity index (χ0n) is 11.7. The van der Waals surface area contributed by atoms with Crippen LogP contribution in [0, 0.1) is 0 Å². The fraction of sp³-hybridized carbons (Fsp3) is 0.500. The predicted molar refractivity (Wildman–Crippen MR) is 73.8 cm³/mol. The molecule has 1 aromatic rings. The topological polar surface area (TPSA) is 49.8 Å². The number of rotatable bonds is 2. The minimum atomic E-state index is -4.58. The maximum absolute atomic E-state index is 12.8. The number of carbonyl (C=O) groups is 1. The van der Waals surface area contributed by atoms with Crippen molar-refractivity contribution in [3.8, 4) is 0 Å². The molecule has 1 N–H and O–H groups in total. The normalized spacial score (nSPS) is 22.7. The summed E-state index contributed by atoms with van der Waals surface area (Å²) in [6.07, 6.45) is -5.12. The van der Waals surface area contributed by atoms with E-state index in [0.29, 0.717) is 0 Å². The Kier molecular flexibility index (Phi) is 4.99. The molecular weight excluding hydrogens is 323 g/mol. The Morgan fingerprint density at radius 2 is 2.14 bits per heavy atom.